The number of Topliss-reactive ketones (excluding diaryl/α,β-unsaturated/α-hetero) is 1. The summed E-state index contributed by atoms with van der Waals surface area (Å²) in [5.74, 6) is -0.215. The smallest absolute Gasteiger partial charge is 0.228 e. The number of nitrogens with zero attached hydrogens (tertiary/aromatic N) is 2. The van der Waals surface area contributed by atoms with E-state index in [0.717, 1.165) is 16.9 Å². The number of likely N-dealkylation sites (tertiary alicyclic amines) is 1. The van der Waals surface area contributed by atoms with Crippen LogP contribution >= 0.6 is 0 Å². The topological polar surface area (TPSA) is 57.7 Å². The lowest BCUT2D eigenvalue weighted by Crippen LogP contribution is -2.53. The summed E-state index contributed by atoms with van der Waals surface area (Å²) in [4.78, 5) is 41.1. The van der Waals surface area contributed by atoms with Crippen LogP contribution in [-0.2, 0) is 19.8 Å². The van der Waals surface area contributed by atoms with Crippen LogP contribution in [0.15, 0.2) is 48.7 Å². The number of ketones is 1. The Hall–Kier alpha value is -2.69. The highest BCUT2D eigenvalue weighted by molar-refractivity contribution is 6.08. The highest BCUT2D eigenvalue weighted by Crippen LogP contribution is 2.57. The summed E-state index contributed by atoms with van der Waals surface area (Å²) in [6, 6.07) is 6.91. The number of hydrogen-bond donors (Lipinski definition) is 0. The molecule has 1 aromatic carbocycles. The van der Waals surface area contributed by atoms with Crippen molar-refractivity contribution >= 4 is 23.3 Å². The van der Waals surface area contributed by atoms with Crippen molar-refractivity contribution in [3.05, 3.63) is 54.3 Å². The van der Waals surface area contributed by atoms with Crippen molar-refractivity contribution in [1.29, 1.82) is 0 Å². The van der Waals surface area contributed by atoms with E-state index >= 15 is 0 Å². The summed E-state index contributed by atoms with van der Waals surface area (Å²) < 4.78 is 0. The number of hydrogen-bond acceptors (Lipinski definition) is 3. The molecule has 122 valence electrons. The second kappa shape index (κ2) is 4.90. The summed E-state index contributed by atoms with van der Waals surface area (Å²) in [6.45, 7) is 5.61. The van der Waals surface area contributed by atoms with Gasteiger partial charge >= 0.3 is 0 Å². The van der Waals surface area contributed by atoms with Gasteiger partial charge in [0.2, 0.25) is 11.8 Å². The summed E-state index contributed by atoms with van der Waals surface area (Å²) in [6.07, 6.45) is 3.99. The molecule has 1 saturated heterocycles. The van der Waals surface area contributed by atoms with Gasteiger partial charge in [-0.1, -0.05) is 30.4 Å². The number of benzene rings is 1. The number of para-hydroxylation sites is 1. The van der Waals surface area contributed by atoms with Crippen LogP contribution in [0, 0.1) is 0 Å². The maximum Gasteiger partial charge on any atom is 0.228 e. The standard InChI is InChI=1S/C19H18N2O3/c1-3-10-20-16-9-8-15(23)18-19(16,11-17(20)24)13-6-4-5-7-14(13)21(18)12(2)22/h3-7,9,18H,1,8,10-11H2,2H3/t18-,19-/m0/s1. The van der Waals surface area contributed by atoms with Crippen LogP contribution in [0.2, 0.25) is 0 Å². The number of anilines is 1. The minimum absolute atomic E-state index is 0.0154. The zero-order valence-corrected chi connectivity index (χ0v) is 13.5. The molecule has 2 aliphatic heterocycles. The van der Waals surface area contributed by atoms with Gasteiger partial charge in [0.25, 0.3) is 0 Å². The SMILES string of the molecule is C=CCN1C(=O)C[C@]23C1=CCC(=O)[C@@H]2N(C(C)=O)c1ccccc13. The second-order valence-electron chi connectivity index (χ2n) is 6.51. The molecule has 0 bridgehead atoms. The van der Waals surface area contributed by atoms with Crippen LogP contribution in [-0.4, -0.2) is 35.1 Å². The Balaban J connectivity index is 2.00. The van der Waals surface area contributed by atoms with Gasteiger partial charge in [-0.3, -0.25) is 14.4 Å². The zero-order chi connectivity index (χ0) is 17.1. The Morgan fingerprint density at radius 2 is 2.12 bits per heavy atom. The Kier molecular flexibility index (Phi) is 3.04. The molecule has 5 nitrogen and oxygen atoms in total. The van der Waals surface area contributed by atoms with Crippen molar-refractivity contribution in [2.75, 3.05) is 11.4 Å². The third kappa shape index (κ3) is 1.62. The molecule has 2 heterocycles. The van der Waals surface area contributed by atoms with Gasteiger partial charge in [0, 0.05) is 37.7 Å². The summed E-state index contributed by atoms with van der Waals surface area (Å²) in [5, 5.41) is 0. The summed E-state index contributed by atoms with van der Waals surface area (Å²) >= 11 is 0. The van der Waals surface area contributed by atoms with E-state index in [0.29, 0.717) is 6.54 Å². The van der Waals surface area contributed by atoms with E-state index in [1.165, 1.54) is 6.92 Å². The molecule has 0 saturated carbocycles. The lowest BCUT2D eigenvalue weighted by Gasteiger charge is -2.38. The van der Waals surface area contributed by atoms with Crippen molar-refractivity contribution < 1.29 is 14.4 Å². The van der Waals surface area contributed by atoms with Gasteiger partial charge in [0.15, 0.2) is 5.78 Å². The lowest BCUT2D eigenvalue weighted by atomic mass is 9.68. The molecule has 0 radical (unpaired) electrons. The van der Waals surface area contributed by atoms with E-state index in [1.807, 2.05) is 30.3 Å². The molecular formula is C19H18N2O3. The predicted octanol–water partition coefficient (Wildman–Crippen LogP) is 1.93. The highest BCUT2D eigenvalue weighted by Gasteiger charge is 2.64. The zero-order valence-electron chi connectivity index (χ0n) is 13.5. The van der Waals surface area contributed by atoms with Crippen molar-refractivity contribution in [3.63, 3.8) is 0 Å². The normalized spacial score (nSPS) is 27.5. The van der Waals surface area contributed by atoms with E-state index in [2.05, 4.69) is 6.58 Å². The van der Waals surface area contributed by atoms with Crippen LogP contribution in [0.4, 0.5) is 5.69 Å². The fourth-order valence-corrected chi connectivity index (χ4v) is 4.54. The molecule has 24 heavy (non-hydrogen) atoms. The molecule has 0 unspecified atom stereocenters. The van der Waals surface area contributed by atoms with Crippen LogP contribution in [0.1, 0.15) is 25.3 Å². The van der Waals surface area contributed by atoms with Gasteiger partial charge in [-0.15, -0.1) is 6.58 Å². The molecule has 1 aromatic rings. The Morgan fingerprint density at radius 1 is 1.38 bits per heavy atom. The highest BCUT2D eigenvalue weighted by atomic mass is 16.2. The van der Waals surface area contributed by atoms with E-state index in [4.69, 9.17) is 0 Å². The Bertz CT molecular complexity index is 826. The number of carbonyl (C=O) groups is 3. The van der Waals surface area contributed by atoms with Gasteiger partial charge in [-0.25, -0.2) is 0 Å². The van der Waals surface area contributed by atoms with Gasteiger partial charge in [-0.2, -0.15) is 0 Å². The quantitative estimate of drug-likeness (QED) is 0.782. The first-order valence-electron chi connectivity index (χ1n) is 8.06. The molecule has 4 rings (SSSR count). The van der Waals surface area contributed by atoms with Crippen molar-refractivity contribution in [3.8, 4) is 0 Å². The Morgan fingerprint density at radius 3 is 2.83 bits per heavy atom. The van der Waals surface area contributed by atoms with Crippen molar-refractivity contribution in [2.24, 2.45) is 0 Å². The largest absolute Gasteiger partial charge is 0.312 e. The average Bonchev–Trinajstić information content (AvgIpc) is 3.01. The van der Waals surface area contributed by atoms with E-state index in [1.54, 1.807) is 15.9 Å². The fourth-order valence-electron chi connectivity index (χ4n) is 4.54. The van der Waals surface area contributed by atoms with E-state index in [9.17, 15) is 14.4 Å². The van der Waals surface area contributed by atoms with Crippen molar-refractivity contribution in [2.45, 2.75) is 31.2 Å². The van der Waals surface area contributed by atoms with E-state index < -0.39 is 11.5 Å². The molecular weight excluding hydrogens is 304 g/mol. The molecule has 2 atom stereocenters. The molecule has 1 fully saturated rings. The number of amides is 2. The van der Waals surface area contributed by atoms with Crippen molar-refractivity contribution in [1.82, 2.24) is 4.90 Å². The van der Waals surface area contributed by atoms with E-state index in [-0.39, 0.29) is 30.4 Å². The van der Waals surface area contributed by atoms with Crippen LogP contribution in [0.5, 0.6) is 0 Å². The summed E-state index contributed by atoms with van der Waals surface area (Å²) in [5.41, 5.74) is 1.72. The monoisotopic (exact) mass is 322 g/mol. The second-order valence-corrected chi connectivity index (χ2v) is 6.51. The van der Waals surface area contributed by atoms with Crippen LogP contribution in [0.25, 0.3) is 0 Å². The number of fused-ring (bicyclic) bond motifs is 1. The molecule has 0 aromatic heterocycles. The third-order valence-electron chi connectivity index (χ3n) is 5.30. The minimum atomic E-state index is -0.752. The maximum atomic E-state index is 12.8. The Labute approximate surface area is 140 Å². The molecule has 1 spiro atoms. The predicted molar refractivity (Wildman–Crippen MR) is 89.3 cm³/mol. The third-order valence-corrected chi connectivity index (χ3v) is 5.30. The van der Waals surface area contributed by atoms with Gasteiger partial charge in [-0.05, 0) is 11.6 Å². The first kappa shape index (κ1) is 14.9. The number of carbonyl (C=O) groups excluding carboxylic acids is 3. The molecule has 3 aliphatic rings. The van der Waals surface area contributed by atoms with Gasteiger partial charge < -0.3 is 9.80 Å². The minimum Gasteiger partial charge on any atom is -0.312 e. The average molecular weight is 322 g/mol. The number of rotatable bonds is 2. The molecule has 2 amide bonds. The molecule has 5 heteroatoms. The number of allylic oxidation sites excluding steroid dienone is 1. The lowest BCUT2D eigenvalue weighted by molar-refractivity contribution is -0.126. The first-order chi connectivity index (χ1) is 11.5. The molecule has 0 N–H and O–H groups in total. The van der Waals surface area contributed by atoms with Crippen LogP contribution in [0.3, 0.4) is 0 Å². The van der Waals surface area contributed by atoms with Gasteiger partial charge in [0.05, 0.1) is 5.41 Å². The van der Waals surface area contributed by atoms with Crippen LogP contribution < -0.4 is 4.90 Å². The first-order valence-corrected chi connectivity index (χ1v) is 8.06. The maximum absolute atomic E-state index is 12.8. The molecule has 1 aliphatic carbocycles. The fraction of sp³-hybridized carbons (Fsp3) is 0.316. The van der Waals surface area contributed by atoms with Gasteiger partial charge in [0.1, 0.15) is 6.04 Å². The summed E-state index contributed by atoms with van der Waals surface area (Å²) in [7, 11) is 0.